The molecule has 0 bridgehead atoms. The van der Waals surface area contributed by atoms with Crippen molar-refractivity contribution >= 4 is 17.1 Å². The molecule has 3 aromatic rings. The summed E-state index contributed by atoms with van der Waals surface area (Å²) in [6.07, 6.45) is 15.5. The number of benzene rings is 3. The summed E-state index contributed by atoms with van der Waals surface area (Å²) < 4.78 is 5.44. The van der Waals surface area contributed by atoms with Crippen LogP contribution in [0.5, 0.6) is 11.5 Å². The number of dihydropyridines is 1. The zero-order chi connectivity index (χ0) is 40.4. The number of unbranched alkanes of at least 4 members (excludes halogenated alkanes) is 2. The number of phenols is 1. The molecule has 0 saturated carbocycles. The first-order valence-corrected chi connectivity index (χ1v) is 20.9. The lowest BCUT2D eigenvalue weighted by molar-refractivity contribution is -0.124. The number of aryl methyl sites for hydroxylation is 3. The monoisotopic (exact) mass is 776 g/mol. The van der Waals surface area contributed by atoms with Crippen molar-refractivity contribution in [2.24, 2.45) is 17.6 Å². The Morgan fingerprint density at radius 3 is 2.37 bits per heavy atom. The Labute approximate surface area is 339 Å². The summed E-state index contributed by atoms with van der Waals surface area (Å²) in [4.78, 5) is 26.1. The smallest absolute Gasteiger partial charge is 0.163 e. The van der Waals surface area contributed by atoms with E-state index in [-0.39, 0.29) is 35.7 Å². The number of rotatable bonds is 23. The van der Waals surface area contributed by atoms with Crippen LogP contribution in [0.15, 0.2) is 96.2 Å². The first-order valence-electron chi connectivity index (χ1n) is 20.9. The van der Waals surface area contributed by atoms with E-state index in [0.717, 1.165) is 88.1 Å². The van der Waals surface area contributed by atoms with Crippen LogP contribution in [0.4, 0.5) is 0 Å². The number of allylic oxidation sites excluding steroid dienone is 3. The summed E-state index contributed by atoms with van der Waals surface area (Å²) in [5.41, 5.74) is 14.0. The third-order valence-electron chi connectivity index (χ3n) is 11.5. The van der Waals surface area contributed by atoms with Crippen molar-refractivity contribution in [1.82, 2.24) is 16.0 Å². The summed E-state index contributed by atoms with van der Waals surface area (Å²) >= 11 is 0. The molecular weight excluding hydrogens is 713 g/mol. The van der Waals surface area contributed by atoms with Gasteiger partial charge in [-0.3, -0.25) is 9.59 Å². The van der Waals surface area contributed by atoms with Gasteiger partial charge in [0.1, 0.15) is 5.78 Å². The number of phenolic OH excluding ortho intramolecular Hbond substituents is 1. The van der Waals surface area contributed by atoms with Crippen LogP contribution >= 0.6 is 0 Å². The summed E-state index contributed by atoms with van der Waals surface area (Å²) in [6.45, 7) is 2.79. The van der Waals surface area contributed by atoms with Crippen LogP contribution in [-0.2, 0) is 35.3 Å². The van der Waals surface area contributed by atoms with Crippen LogP contribution in [0.1, 0.15) is 85.6 Å². The minimum Gasteiger partial charge on any atom is -0.504 e. The lowest BCUT2D eigenvalue weighted by Gasteiger charge is -2.30. The Balaban J connectivity index is 1.20. The van der Waals surface area contributed by atoms with E-state index >= 15 is 0 Å². The average molecular weight is 777 g/mol. The Kier molecular flexibility index (Phi) is 17.6. The molecule has 3 aromatic carbocycles. The highest BCUT2D eigenvalue weighted by molar-refractivity contribution is 6.07. The second kappa shape index (κ2) is 23.0. The van der Waals surface area contributed by atoms with Gasteiger partial charge in [0.15, 0.2) is 17.3 Å². The maximum absolute atomic E-state index is 13.2. The molecule has 1 saturated heterocycles. The van der Waals surface area contributed by atoms with E-state index < -0.39 is 6.61 Å². The number of aliphatic hydroxyl groups excluding tert-OH is 1. The standard InChI is InChI=1S/C48H64N4O5/c1-50-31-39(37-20-22-51-23-21-37)14-7-4-8-15-43(54)29-44(55)26-42(33-53)45-30-47(57-2)46(56)27-40(45)25-41-32-52-48(49)28-38(41)19-18-36-13-9-12-35(24-36)17-16-34-10-5-3-6-11-34/h3,5-6,9-13,24,26-28,30,32,37,39,48,50-53,56H,4,7-8,14-23,25,29,31,33,49H2,1-2H3. The van der Waals surface area contributed by atoms with E-state index in [1.54, 1.807) is 12.1 Å². The van der Waals surface area contributed by atoms with Crippen LogP contribution in [0.3, 0.4) is 0 Å². The van der Waals surface area contributed by atoms with Gasteiger partial charge in [0.2, 0.25) is 0 Å². The van der Waals surface area contributed by atoms with Gasteiger partial charge in [0.05, 0.1) is 26.3 Å². The number of ketones is 2. The summed E-state index contributed by atoms with van der Waals surface area (Å²) in [6, 6.07) is 22.6. The number of nitrogens with two attached hydrogens (primary N) is 1. The average Bonchev–Trinajstić information content (AvgIpc) is 3.22. The molecule has 2 heterocycles. The van der Waals surface area contributed by atoms with E-state index in [1.165, 1.54) is 42.7 Å². The van der Waals surface area contributed by atoms with E-state index in [4.69, 9.17) is 10.5 Å². The molecule has 2 unspecified atom stereocenters. The molecule has 2 atom stereocenters. The first kappa shape index (κ1) is 43.6. The maximum Gasteiger partial charge on any atom is 0.163 e. The van der Waals surface area contributed by atoms with Crippen molar-refractivity contribution in [2.45, 2.75) is 89.6 Å². The van der Waals surface area contributed by atoms with Gasteiger partial charge in [-0.25, -0.2) is 0 Å². The molecular formula is C48H64N4O5. The summed E-state index contributed by atoms with van der Waals surface area (Å²) in [5, 5.41) is 31.4. The molecule has 1 fully saturated rings. The van der Waals surface area contributed by atoms with Crippen molar-refractivity contribution in [1.29, 1.82) is 0 Å². The zero-order valence-electron chi connectivity index (χ0n) is 34.0. The topological polar surface area (TPSA) is 146 Å². The van der Waals surface area contributed by atoms with Crippen LogP contribution in [0, 0.1) is 11.8 Å². The number of carbonyl (C=O) groups excluding carboxylic acids is 2. The molecule has 0 radical (unpaired) electrons. The Hall–Kier alpha value is -4.54. The molecule has 2 aliphatic heterocycles. The second-order valence-electron chi connectivity index (χ2n) is 15.7. The number of ether oxygens (including phenoxy) is 1. The van der Waals surface area contributed by atoms with Crippen LogP contribution < -0.4 is 26.4 Å². The highest BCUT2D eigenvalue weighted by Crippen LogP contribution is 2.36. The number of methoxy groups -OCH3 is 1. The fourth-order valence-electron chi connectivity index (χ4n) is 8.37. The zero-order valence-corrected chi connectivity index (χ0v) is 34.0. The molecule has 5 rings (SSSR count). The Morgan fingerprint density at radius 1 is 0.930 bits per heavy atom. The van der Waals surface area contributed by atoms with Crippen molar-refractivity contribution in [2.75, 3.05) is 40.4 Å². The fourth-order valence-corrected chi connectivity index (χ4v) is 8.37. The number of Topliss-reactive ketones (excluding diaryl/α,β-unsaturated/α-hetero) is 1. The molecule has 9 heteroatoms. The number of hydrogen-bond acceptors (Lipinski definition) is 9. The van der Waals surface area contributed by atoms with Gasteiger partial charge in [-0.15, -0.1) is 0 Å². The van der Waals surface area contributed by atoms with Crippen LogP contribution in [-0.4, -0.2) is 68.3 Å². The van der Waals surface area contributed by atoms with Gasteiger partial charge in [-0.05, 0) is 165 Å². The predicted molar refractivity (Wildman–Crippen MR) is 230 cm³/mol. The molecule has 2 aliphatic rings. The molecule has 0 amide bonds. The van der Waals surface area contributed by atoms with Gasteiger partial charge >= 0.3 is 0 Å². The van der Waals surface area contributed by atoms with Gasteiger partial charge in [-0.2, -0.15) is 0 Å². The number of piperidine rings is 1. The van der Waals surface area contributed by atoms with Crippen LogP contribution in [0.25, 0.3) is 5.57 Å². The van der Waals surface area contributed by atoms with Crippen molar-refractivity contribution in [3.05, 3.63) is 124 Å². The maximum atomic E-state index is 13.2. The molecule has 57 heavy (non-hydrogen) atoms. The highest BCUT2D eigenvalue weighted by atomic mass is 16.5. The number of aliphatic hydroxyl groups is 1. The van der Waals surface area contributed by atoms with Crippen LogP contribution in [0.2, 0.25) is 0 Å². The minimum atomic E-state index is -0.419. The second-order valence-corrected chi connectivity index (χ2v) is 15.7. The quantitative estimate of drug-likeness (QED) is 0.0350. The SMILES string of the molecule is CNCC(CCCCCC(=O)CC(=O)C=C(CO)c1cc(OC)c(O)cc1CC1=CNC(N)C=C1CCc1cccc(CCc2ccccc2)c1)C1CCNCC1. The largest absolute Gasteiger partial charge is 0.504 e. The van der Waals surface area contributed by atoms with E-state index in [1.807, 2.05) is 25.4 Å². The Morgan fingerprint density at radius 2 is 1.65 bits per heavy atom. The van der Waals surface area contributed by atoms with Gasteiger partial charge in [0, 0.05) is 12.6 Å². The van der Waals surface area contributed by atoms with E-state index in [9.17, 15) is 19.8 Å². The summed E-state index contributed by atoms with van der Waals surface area (Å²) in [5.74, 6) is 1.16. The molecule has 0 aromatic heterocycles. The highest BCUT2D eigenvalue weighted by Gasteiger charge is 2.23. The third-order valence-corrected chi connectivity index (χ3v) is 11.5. The van der Waals surface area contributed by atoms with Crippen molar-refractivity contribution < 1.29 is 24.5 Å². The minimum absolute atomic E-state index is 0.0398. The van der Waals surface area contributed by atoms with E-state index in [0.29, 0.717) is 35.5 Å². The lowest BCUT2D eigenvalue weighted by Crippen LogP contribution is -2.35. The molecule has 0 aliphatic carbocycles. The van der Waals surface area contributed by atoms with Crippen molar-refractivity contribution in [3.63, 3.8) is 0 Å². The van der Waals surface area contributed by atoms with Gasteiger partial charge in [0.25, 0.3) is 0 Å². The molecule has 9 nitrogen and oxygen atoms in total. The molecule has 7 N–H and O–H groups in total. The third kappa shape index (κ3) is 13.8. The van der Waals surface area contributed by atoms with Crippen molar-refractivity contribution in [3.8, 4) is 11.5 Å². The number of nitrogens with one attached hydrogen (secondary N) is 3. The summed E-state index contributed by atoms with van der Waals surface area (Å²) in [7, 11) is 3.48. The molecule has 306 valence electrons. The number of carbonyl (C=O) groups is 2. The normalized spacial score (nSPS) is 16.7. The fraction of sp³-hybridized carbons (Fsp3) is 0.458. The lowest BCUT2D eigenvalue weighted by atomic mass is 9.81. The van der Waals surface area contributed by atoms with Gasteiger partial charge < -0.3 is 36.6 Å². The van der Waals surface area contributed by atoms with E-state index in [2.05, 4.69) is 64.5 Å². The van der Waals surface area contributed by atoms with Gasteiger partial charge in [-0.1, -0.05) is 67.4 Å². The number of aromatic hydroxyl groups is 1. The number of hydrogen-bond donors (Lipinski definition) is 6. The first-order chi connectivity index (χ1) is 27.8. The Bertz CT molecular complexity index is 1850. The molecule has 0 spiro atoms. The predicted octanol–water partition coefficient (Wildman–Crippen LogP) is 6.75.